The number of carbonyl (C=O) groups is 1. The van der Waals surface area contributed by atoms with E-state index in [1.165, 1.54) is 24.2 Å². The summed E-state index contributed by atoms with van der Waals surface area (Å²) in [4.78, 5) is 17.1. The van der Waals surface area contributed by atoms with Gasteiger partial charge >= 0.3 is 6.03 Å². The van der Waals surface area contributed by atoms with Gasteiger partial charge in [0.15, 0.2) is 0 Å². The van der Waals surface area contributed by atoms with Crippen molar-refractivity contribution in [2.24, 2.45) is 0 Å². The molecule has 7 heteroatoms. The minimum Gasteiger partial charge on any atom is -0.474 e. The van der Waals surface area contributed by atoms with Crippen molar-refractivity contribution in [2.75, 3.05) is 0 Å². The van der Waals surface area contributed by atoms with Crippen LogP contribution in [0.2, 0.25) is 4.34 Å². The van der Waals surface area contributed by atoms with Gasteiger partial charge in [0.1, 0.15) is 6.10 Å². The third-order valence-corrected chi connectivity index (χ3v) is 5.13. The Hall–Kier alpha value is -1.79. The molecule has 1 aliphatic carbocycles. The fourth-order valence-electron chi connectivity index (χ4n) is 2.66. The lowest BCUT2D eigenvalue weighted by Crippen LogP contribution is -2.34. The Kier molecular flexibility index (Phi) is 5.93. The van der Waals surface area contributed by atoms with Gasteiger partial charge in [-0.2, -0.15) is 0 Å². The number of aromatic nitrogens is 1. The van der Waals surface area contributed by atoms with Crippen LogP contribution in [0.1, 0.15) is 36.1 Å². The molecule has 2 amide bonds. The monoisotopic (exact) mass is 365 g/mol. The largest absolute Gasteiger partial charge is 0.474 e. The molecular formula is C17H20ClN3O2S. The molecule has 0 aliphatic heterocycles. The molecule has 1 aliphatic rings. The molecule has 2 heterocycles. The third-order valence-electron chi connectivity index (χ3n) is 3.89. The Bertz CT molecular complexity index is 686. The van der Waals surface area contributed by atoms with E-state index in [9.17, 15) is 4.79 Å². The van der Waals surface area contributed by atoms with Gasteiger partial charge in [0.25, 0.3) is 0 Å². The van der Waals surface area contributed by atoms with Gasteiger partial charge in [-0.15, -0.1) is 11.3 Å². The van der Waals surface area contributed by atoms with Gasteiger partial charge in [0, 0.05) is 23.7 Å². The first kappa shape index (κ1) is 17.0. The van der Waals surface area contributed by atoms with E-state index in [1.807, 2.05) is 24.3 Å². The zero-order valence-electron chi connectivity index (χ0n) is 13.3. The molecule has 24 heavy (non-hydrogen) atoms. The van der Waals surface area contributed by atoms with Crippen molar-refractivity contribution >= 4 is 29.0 Å². The molecule has 0 atom stereocenters. The Morgan fingerprint density at radius 1 is 1.25 bits per heavy atom. The molecule has 1 fully saturated rings. The van der Waals surface area contributed by atoms with Crippen LogP contribution in [0.5, 0.6) is 5.88 Å². The maximum atomic E-state index is 11.9. The highest BCUT2D eigenvalue weighted by molar-refractivity contribution is 7.16. The number of rotatable bonds is 6. The zero-order valence-corrected chi connectivity index (χ0v) is 14.8. The lowest BCUT2D eigenvalue weighted by molar-refractivity contribution is 0.201. The van der Waals surface area contributed by atoms with E-state index in [0.717, 1.165) is 27.6 Å². The second kappa shape index (κ2) is 8.35. The standard InChI is InChI=1S/C17H20ClN3O2S/c18-15-6-5-14(24-15)11-21-17(22)20-10-12-7-8-19-16(9-12)23-13-3-1-2-4-13/h5-9,13H,1-4,10-11H2,(H2,20,21,22). The van der Waals surface area contributed by atoms with E-state index in [4.69, 9.17) is 16.3 Å². The van der Waals surface area contributed by atoms with E-state index < -0.39 is 0 Å². The van der Waals surface area contributed by atoms with Gasteiger partial charge in [-0.25, -0.2) is 9.78 Å². The third kappa shape index (κ3) is 5.11. The number of hydrogen-bond donors (Lipinski definition) is 2. The van der Waals surface area contributed by atoms with Gasteiger partial charge in [-0.05, 0) is 49.4 Å². The lowest BCUT2D eigenvalue weighted by atomic mass is 10.2. The van der Waals surface area contributed by atoms with Gasteiger partial charge in [0.05, 0.1) is 10.9 Å². The van der Waals surface area contributed by atoms with Gasteiger partial charge in [-0.3, -0.25) is 0 Å². The lowest BCUT2D eigenvalue weighted by Gasteiger charge is -2.13. The molecule has 5 nitrogen and oxygen atoms in total. The second-order valence-corrected chi connectivity index (χ2v) is 7.57. The van der Waals surface area contributed by atoms with Crippen molar-refractivity contribution in [2.45, 2.75) is 44.9 Å². The quantitative estimate of drug-likeness (QED) is 0.809. The van der Waals surface area contributed by atoms with Crippen LogP contribution in [0.3, 0.4) is 0 Å². The molecular weight excluding hydrogens is 346 g/mol. The molecule has 0 saturated heterocycles. The predicted molar refractivity (Wildman–Crippen MR) is 95.5 cm³/mol. The van der Waals surface area contributed by atoms with Gasteiger partial charge in [-0.1, -0.05) is 11.6 Å². The van der Waals surface area contributed by atoms with Crippen LogP contribution in [-0.2, 0) is 13.1 Å². The minimum atomic E-state index is -0.213. The molecule has 0 bridgehead atoms. The molecule has 1 saturated carbocycles. The van der Waals surface area contributed by atoms with Crippen LogP contribution in [-0.4, -0.2) is 17.1 Å². The summed E-state index contributed by atoms with van der Waals surface area (Å²) in [5.74, 6) is 0.634. The first-order chi connectivity index (χ1) is 11.7. The number of pyridine rings is 1. The summed E-state index contributed by atoms with van der Waals surface area (Å²) in [6, 6.07) is 7.28. The van der Waals surface area contributed by atoms with E-state index in [-0.39, 0.29) is 12.1 Å². The van der Waals surface area contributed by atoms with Crippen LogP contribution in [0, 0.1) is 0 Å². The molecule has 2 aromatic rings. The maximum absolute atomic E-state index is 11.9. The average molecular weight is 366 g/mol. The first-order valence-electron chi connectivity index (χ1n) is 8.06. The van der Waals surface area contributed by atoms with Crippen LogP contribution >= 0.6 is 22.9 Å². The molecule has 0 aromatic carbocycles. The maximum Gasteiger partial charge on any atom is 0.315 e. The SMILES string of the molecule is O=C(NCc1ccnc(OC2CCCC2)c1)NCc1ccc(Cl)s1. The summed E-state index contributed by atoms with van der Waals surface area (Å²) in [7, 11) is 0. The Morgan fingerprint density at radius 2 is 2.04 bits per heavy atom. The summed E-state index contributed by atoms with van der Waals surface area (Å²) >= 11 is 7.32. The summed E-state index contributed by atoms with van der Waals surface area (Å²) < 4.78 is 6.60. The highest BCUT2D eigenvalue weighted by Gasteiger charge is 2.17. The number of nitrogens with zero attached hydrogens (tertiary/aromatic N) is 1. The number of urea groups is 1. The van der Waals surface area contributed by atoms with E-state index in [1.54, 1.807) is 6.20 Å². The topological polar surface area (TPSA) is 63.2 Å². The number of nitrogens with one attached hydrogen (secondary N) is 2. The Morgan fingerprint density at radius 3 is 2.79 bits per heavy atom. The van der Waals surface area contributed by atoms with Crippen molar-refractivity contribution in [1.29, 1.82) is 0 Å². The van der Waals surface area contributed by atoms with Crippen LogP contribution in [0.15, 0.2) is 30.5 Å². The summed E-state index contributed by atoms with van der Waals surface area (Å²) in [5.41, 5.74) is 0.965. The van der Waals surface area contributed by atoms with Crippen molar-refractivity contribution in [3.63, 3.8) is 0 Å². The van der Waals surface area contributed by atoms with E-state index >= 15 is 0 Å². The summed E-state index contributed by atoms with van der Waals surface area (Å²) in [6.07, 6.45) is 6.63. The molecule has 0 spiro atoms. The fourth-order valence-corrected chi connectivity index (χ4v) is 3.69. The number of ether oxygens (including phenoxy) is 1. The predicted octanol–water partition coefficient (Wildman–Crippen LogP) is 4.12. The number of carbonyl (C=O) groups excluding carboxylic acids is 1. The van der Waals surface area contributed by atoms with Crippen molar-refractivity contribution < 1.29 is 9.53 Å². The molecule has 2 N–H and O–H groups in total. The number of thiophene rings is 1. The van der Waals surface area contributed by atoms with Gasteiger partial charge < -0.3 is 15.4 Å². The molecule has 0 unspecified atom stereocenters. The van der Waals surface area contributed by atoms with Crippen LogP contribution in [0.25, 0.3) is 0 Å². The van der Waals surface area contributed by atoms with Crippen LogP contribution in [0.4, 0.5) is 4.79 Å². The number of halogens is 1. The zero-order chi connectivity index (χ0) is 16.8. The van der Waals surface area contributed by atoms with Crippen LogP contribution < -0.4 is 15.4 Å². The second-order valence-electron chi connectivity index (χ2n) is 5.77. The normalized spacial score (nSPS) is 14.5. The van der Waals surface area contributed by atoms with Gasteiger partial charge in [0.2, 0.25) is 5.88 Å². The Balaban J connectivity index is 1.44. The average Bonchev–Trinajstić information content (AvgIpc) is 3.23. The van der Waals surface area contributed by atoms with Crippen molar-refractivity contribution in [3.05, 3.63) is 45.2 Å². The van der Waals surface area contributed by atoms with E-state index in [2.05, 4.69) is 15.6 Å². The summed E-state index contributed by atoms with van der Waals surface area (Å²) in [6.45, 7) is 0.899. The Labute approximate surface area is 150 Å². The highest BCUT2D eigenvalue weighted by atomic mass is 35.5. The molecule has 2 aromatic heterocycles. The molecule has 0 radical (unpaired) electrons. The smallest absolute Gasteiger partial charge is 0.315 e. The highest BCUT2D eigenvalue weighted by Crippen LogP contribution is 2.23. The summed E-state index contributed by atoms with van der Waals surface area (Å²) in [5, 5.41) is 5.65. The first-order valence-corrected chi connectivity index (χ1v) is 9.26. The van der Waals surface area contributed by atoms with Crippen molar-refractivity contribution in [3.8, 4) is 5.88 Å². The molecule has 3 rings (SSSR count). The number of hydrogen-bond acceptors (Lipinski definition) is 4. The van der Waals surface area contributed by atoms with Crippen molar-refractivity contribution in [1.82, 2.24) is 15.6 Å². The minimum absolute atomic E-state index is 0.213. The molecule has 128 valence electrons. The van der Waals surface area contributed by atoms with E-state index in [0.29, 0.717) is 19.0 Å². The fraction of sp³-hybridized carbons (Fsp3) is 0.412. The number of amides is 2.